The Labute approximate surface area is 173 Å². The second kappa shape index (κ2) is 7.90. The van der Waals surface area contributed by atoms with E-state index in [1.807, 2.05) is 24.3 Å². The van der Waals surface area contributed by atoms with E-state index in [0.29, 0.717) is 0 Å². The summed E-state index contributed by atoms with van der Waals surface area (Å²) in [4.78, 5) is 4.42. The first-order valence-electron chi connectivity index (χ1n) is 8.00. The first-order chi connectivity index (χ1) is 11.8. The van der Waals surface area contributed by atoms with Crippen LogP contribution in [0.2, 0.25) is 0 Å². The Morgan fingerprint density at radius 1 is 0.840 bits per heavy atom. The number of nitrogens with zero attached hydrogens (tertiary/aromatic N) is 1. The quantitative estimate of drug-likeness (QED) is 0.445. The van der Waals surface area contributed by atoms with Crippen LogP contribution in [0, 0.1) is 13.1 Å². The van der Waals surface area contributed by atoms with Crippen molar-refractivity contribution < 1.29 is 32.7 Å². The zero-order chi connectivity index (χ0) is 16.4. The summed E-state index contributed by atoms with van der Waals surface area (Å²) in [6.45, 7) is 2.08. The zero-order valence-corrected chi connectivity index (χ0v) is 16.9. The van der Waals surface area contributed by atoms with Crippen molar-refractivity contribution in [2.24, 2.45) is 0 Å². The van der Waals surface area contributed by atoms with Crippen LogP contribution in [0.25, 0.3) is 22.0 Å². The van der Waals surface area contributed by atoms with Gasteiger partial charge in [-0.05, 0) is 36.7 Å². The van der Waals surface area contributed by atoms with E-state index in [9.17, 15) is 0 Å². The molecule has 1 N–H and O–H groups in total. The molecule has 4 rings (SSSR count). The number of aryl methyl sites for hydroxylation is 1. The molecule has 3 heteroatoms. The van der Waals surface area contributed by atoms with E-state index < -0.39 is 0 Å². The molecule has 0 saturated carbocycles. The third-order valence-corrected chi connectivity index (χ3v) is 4.15. The van der Waals surface area contributed by atoms with E-state index in [1.54, 1.807) is 0 Å². The minimum absolute atomic E-state index is 0. The number of hydrogen-bond donors (Lipinski definition) is 1. The van der Waals surface area contributed by atoms with Crippen LogP contribution >= 0.6 is 0 Å². The standard InChI is InChI=1S/C22H17N2.Y/c1-16-7-5-12-21-20(13-14-23-22(16)21)17-8-6-11-19(15-17)24-18-9-3-2-4-10-18;/h2-13,15,24H,1H3;/q-1;. The summed E-state index contributed by atoms with van der Waals surface area (Å²) in [6, 6.07) is 26.9. The van der Waals surface area contributed by atoms with Crippen LogP contribution < -0.4 is 5.32 Å². The number of para-hydroxylation sites is 2. The maximum Gasteiger partial charge on any atom is 0.0384 e. The number of aromatic nitrogens is 1. The van der Waals surface area contributed by atoms with Gasteiger partial charge in [0, 0.05) is 44.1 Å². The van der Waals surface area contributed by atoms with Crippen molar-refractivity contribution >= 4 is 22.3 Å². The van der Waals surface area contributed by atoms with E-state index in [1.165, 1.54) is 5.56 Å². The van der Waals surface area contributed by atoms with Crippen molar-refractivity contribution in [1.82, 2.24) is 4.98 Å². The van der Waals surface area contributed by atoms with Gasteiger partial charge in [0.15, 0.2) is 0 Å². The fourth-order valence-corrected chi connectivity index (χ4v) is 2.96. The molecule has 0 aliphatic carbocycles. The summed E-state index contributed by atoms with van der Waals surface area (Å²) < 4.78 is 0. The number of pyridine rings is 1. The van der Waals surface area contributed by atoms with Crippen molar-refractivity contribution in [3.8, 4) is 11.1 Å². The Morgan fingerprint density at radius 2 is 1.60 bits per heavy atom. The molecule has 0 aliphatic heterocycles. The maximum atomic E-state index is 4.42. The third kappa shape index (κ3) is 3.81. The van der Waals surface area contributed by atoms with Gasteiger partial charge in [0.05, 0.1) is 0 Å². The Morgan fingerprint density at radius 3 is 2.44 bits per heavy atom. The fourth-order valence-electron chi connectivity index (χ4n) is 2.96. The van der Waals surface area contributed by atoms with E-state index >= 15 is 0 Å². The molecule has 4 aromatic rings. The van der Waals surface area contributed by atoms with E-state index in [0.717, 1.165) is 33.4 Å². The molecule has 119 valence electrons. The molecule has 0 fully saturated rings. The van der Waals surface area contributed by atoms with Crippen LogP contribution in [0.3, 0.4) is 0 Å². The van der Waals surface area contributed by atoms with Crippen LogP contribution in [-0.4, -0.2) is 4.98 Å². The number of anilines is 2. The van der Waals surface area contributed by atoms with Crippen LogP contribution in [0.4, 0.5) is 11.4 Å². The normalized spacial score (nSPS) is 10.3. The molecule has 0 spiro atoms. The molecule has 0 amide bonds. The van der Waals surface area contributed by atoms with Crippen molar-refractivity contribution in [3.63, 3.8) is 0 Å². The Hall–Kier alpha value is -2.03. The van der Waals surface area contributed by atoms with E-state index in [4.69, 9.17) is 0 Å². The summed E-state index contributed by atoms with van der Waals surface area (Å²) in [5.74, 6) is 0. The van der Waals surface area contributed by atoms with Crippen molar-refractivity contribution in [2.75, 3.05) is 5.32 Å². The summed E-state index contributed by atoms with van der Waals surface area (Å²) in [7, 11) is 0. The topological polar surface area (TPSA) is 24.9 Å². The van der Waals surface area contributed by atoms with Gasteiger partial charge >= 0.3 is 0 Å². The van der Waals surface area contributed by atoms with Crippen molar-refractivity contribution in [3.05, 3.63) is 90.6 Å². The molecule has 1 heterocycles. The number of rotatable bonds is 3. The minimum atomic E-state index is 0. The SMILES string of the molecule is Cc1cccc2c(-c3cccc(Nc4ccccc4)c3)c[c-]nc12.[Y]. The summed E-state index contributed by atoms with van der Waals surface area (Å²) in [5, 5.41) is 4.61. The molecule has 3 aromatic carbocycles. The first kappa shape index (κ1) is 17.8. The molecule has 0 atom stereocenters. The smallest absolute Gasteiger partial charge is 0.0384 e. The van der Waals surface area contributed by atoms with Crippen LogP contribution in [-0.2, 0) is 32.7 Å². The predicted molar refractivity (Wildman–Crippen MR) is 100 cm³/mol. The van der Waals surface area contributed by atoms with Crippen molar-refractivity contribution in [1.29, 1.82) is 0 Å². The number of fused-ring (bicyclic) bond motifs is 1. The van der Waals surface area contributed by atoms with Crippen molar-refractivity contribution in [2.45, 2.75) is 6.92 Å². The molecule has 0 saturated heterocycles. The average Bonchev–Trinajstić information content (AvgIpc) is 2.63. The van der Waals surface area contributed by atoms with Gasteiger partial charge in [-0.1, -0.05) is 65.9 Å². The number of nitrogens with one attached hydrogen (secondary N) is 1. The molecule has 0 unspecified atom stereocenters. The largest absolute Gasteiger partial charge is 0.386 e. The van der Waals surface area contributed by atoms with Crippen LogP contribution in [0.15, 0.2) is 78.9 Å². The van der Waals surface area contributed by atoms with E-state index in [-0.39, 0.29) is 32.7 Å². The monoisotopic (exact) mass is 398 g/mol. The molecule has 0 bridgehead atoms. The Balaban J connectivity index is 0.00000182. The van der Waals surface area contributed by atoms with Crippen LogP contribution in [0.1, 0.15) is 5.56 Å². The second-order valence-corrected chi connectivity index (χ2v) is 5.84. The molecule has 2 nitrogen and oxygen atoms in total. The zero-order valence-electron chi connectivity index (χ0n) is 14.0. The fraction of sp³-hybridized carbons (Fsp3) is 0.0455. The van der Waals surface area contributed by atoms with Gasteiger partial charge < -0.3 is 10.3 Å². The molecule has 0 aliphatic rings. The summed E-state index contributed by atoms with van der Waals surface area (Å²) in [5.41, 5.74) is 6.64. The predicted octanol–water partition coefficient (Wildman–Crippen LogP) is 5.75. The van der Waals surface area contributed by atoms with Gasteiger partial charge in [0.2, 0.25) is 0 Å². The first-order valence-corrected chi connectivity index (χ1v) is 8.00. The number of benzene rings is 3. The minimum Gasteiger partial charge on any atom is -0.386 e. The summed E-state index contributed by atoms with van der Waals surface area (Å²) >= 11 is 0. The van der Waals surface area contributed by atoms with Crippen LogP contribution in [0.5, 0.6) is 0 Å². The number of hydrogen-bond acceptors (Lipinski definition) is 2. The van der Waals surface area contributed by atoms with Gasteiger partial charge in [0.25, 0.3) is 0 Å². The molecular formula is C22H17N2Y-. The second-order valence-electron chi connectivity index (χ2n) is 5.84. The van der Waals surface area contributed by atoms with Gasteiger partial charge in [-0.2, -0.15) is 0 Å². The molecule has 1 radical (unpaired) electrons. The molecule has 1 aromatic heterocycles. The van der Waals surface area contributed by atoms with Gasteiger partial charge in [0.1, 0.15) is 0 Å². The van der Waals surface area contributed by atoms with Gasteiger partial charge in [-0.3, -0.25) is 0 Å². The average molecular weight is 398 g/mol. The Bertz CT molecular complexity index is 997. The van der Waals surface area contributed by atoms with Gasteiger partial charge in [-0.15, -0.1) is 17.0 Å². The molecular weight excluding hydrogens is 381 g/mol. The third-order valence-electron chi connectivity index (χ3n) is 4.15. The van der Waals surface area contributed by atoms with Gasteiger partial charge in [-0.25, -0.2) is 0 Å². The maximum absolute atomic E-state index is 4.42. The van der Waals surface area contributed by atoms with E-state index in [2.05, 4.69) is 78.0 Å². The Kier molecular flexibility index (Phi) is 5.62. The molecule has 25 heavy (non-hydrogen) atoms. The summed E-state index contributed by atoms with van der Waals surface area (Å²) in [6.07, 6.45) is 3.04.